The fourth-order valence-electron chi connectivity index (χ4n) is 0.577. The van der Waals surface area contributed by atoms with Gasteiger partial charge >= 0.3 is 51.4 Å². The van der Waals surface area contributed by atoms with E-state index in [1.165, 1.54) is 0 Å². The molecule has 0 aromatic carbocycles. The molecule has 0 aromatic rings. The summed E-state index contributed by atoms with van der Waals surface area (Å²) in [5.41, 5.74) is 0. The van der Waals surface area contributed by atoms with Gasteiger partial charge in [-0.2, -0.15) is 0 Å². The maximum absolute atomic E-state index is 11.4. The number of halogens is 2. The molecule has 3 nitrogen and oxygen atoms in total. The maximum atomic E-state index is 11.4. The fourth-order valence-corrected chi connectivity index (χ4v) is 1.14. The standard InChI is InChI=1S/C5H10F2O3S.K/c6-5(7)3-1-2-4-11(8,9)10;/h5H,1-4H2,(H,8,9,10);/q;+1/p-1. The monoisotopic (exact) mass is 226 g/mol. The summed E-state index contributed by atoms with van der Waals surface area (Å²) in [6.07, 6.45) is -2.64. The Hall–Kier alpha value is 1.41. The molecule has 0 rings (SSSR count). The molecule has 0 aliphatic rings. The average molecular weight is 226 g/mol. The molecule has 0 N–H and O–H groups in total. The summed E-state index contributed by atoms with van der Waals surface area (Å²) < 4.78 is 52.7. The van der Waals surface area contributed by atoms with E-state index in [1.807, 2.05) is 0 Å². The number of alkyl halides is 2. The SMILES string of the molecule is O=S(=O)([O-])CCCCC(F)F.[K+]. The van der Waals surface area contributed by atoms with Crippen LogP contribution in [0.25, 0.3) is 0 Å². The molecule has 0 aliphatic carbocycles. The average Bonchev–Trinajstić information content (AvgIpc) is 1.78. The van der Waals surface area contributed by atoms with E-state index in [0.29, 0.717) is 0 Å². The Morgan fingerprint density at radius 1 is 1.25 bits per heavy atom. The first kappa shape index (κ1) is 15.9. The summed E-state index contributed by atoms with van der Waals surface area (Å²) in [5, 5.41) is 0. The van der Waals surface area contributed by atoms with Gasteiger partial charge in [0.2, 0.25) is 6.43 Å². The Morgan fingerprint density at radius 3 is 2.08 bits per heavy atom. The van der Waals surface area contributed by atoms with Crippen molar-refractivity contribution in [3.8, 4) is 0 Å². The van der Waals surface area contributed by atoms with Crippen molar-refractivity contribution in [2.75, 3.05) is 5.75 Å². The van der Waals surface area contributed by atoms with E-state index in [1.54, 1.807) is 0 Å². The minimum absolute atomic E-state index is 0. The fraction of sp³-hybridized carbons (Fsp3) is 1.00. The number of unbranched alkanes of at least 4 members (excludes halogenated alkanes) is 1. The summed E-state index contributed by atoms with van der Waals surface area (Å²) in [5.74, 6) is -0.542. The molecular formula is C5H9F2KO3S. The van der Waals surface area contributed by atoms with E-state index >= 15 is 0 Å². The van der Waals surface area contributed by atoms with Crippen LogP contribution < -0.4 is 51.4 Å². The smallest absolute Gasteiger partial charge is 0.748 e. The van der Waals surface area contributed by atoms with Crippen molar-refractivity contribution in [2.24, 2.45) is 0 Å². The van der Waals surface area contributed by atoms with Crippen LogP contribution in [0.15, 0.2) is 0 Å². The third-order valence-electron chi connectivity index (χ3n) is 1.07. The molecule has 0 amide bonds. The van der Waals surface area contributed by atoms with E-state index in [4.69, 9.17) is 0 Å². The second-order valence-corrected chi connectivity index (χ2v) is 3.67. The molecule has 0 heterocycles. The zero-order chi connectivity index (χ0) is 8.91. The van der Waals surface area contributed by atoms with Crippen molar-refractivity contribution in [2.45, 2.75) is 25.7 Å². The molecule has 0 unspecified atom stereocenters. The molecule has 0 fully saturated rings. The Kier molecular flexibility index (Phi) is 10.3. The van der Waals surface area contributed by atoms with Crippen molar-refractivity contribution < 1.29 is 73.1 Å². The van der Waals surface area contributed by atoms with E-state index in [0.717, 1.165) is 0 Å². The zero-order valence-corrected chi connectivity index (χ0v) is 10.7. The summed E-state index contributed by atoms with van der Waals surface area (Å²) in [6.45, 7) is 0. The largest absolute Gasteiger partial charge is 1.00 e. The summed E-state index contributed by atoms with van der Waals surface area (Å²) >= 11 is 0. The van der Waals surface area contributed by atoms with Gasteiger partial charge in [-0.3, -0.25) is 0 Å². The van der Waals surface area contributed by atoms with Crippen molar-refractivity contribution in [1.29, 1.82) is 0 Å². The Labute approximate surface area is 113 Å². The van der Waals surface area contributed by atoms with Gasteiger partial charge in [0.05, 0.1) is 10.1 Å². The molecule has 0 bridgehead atoms. The predicted octanol–water partition coefficient (Wildman–Crippen LogP) is -2.03. The first-order valence-corrected chi connectivity index (χ1v) is 4.71. The van der Waals surface area contributed by atoms with Crippen LogP contribution in [0.4, 0.5) is 8.78 Å². The number of rotatable bonds is 5. The molecule has 0 spiro atoms. The van der Waals surface area contributed by atoms with Crippen LogP contribution in [0.3, 0.4) is 0 Å². The molecule has 7 heteroatoms. The zero-order valence-electron chi connectivity index (χ0n) is 6.79. The normalized spacial score (nSPS) is 11.3. The molecule has 0 atom stereocenters. The van der Waals surface area contributed by atoms with Gasteiger partial charge in [0.1, 0.15) is 0 Å². The van der Waals surface area contributed by atoms with Gasteiger partial charge in [-0.25, -0.2) is 17.2 Å². The molecule has 12 heavy (non-hydrogen) atoms. The van der Waals surface area contributed by atoms with Crippen molar-refractivity contribution >= 4 is 10.1 Å². The third-order valence-corrected chi connectivity index (χ3v) is 1.86. The van der Waals surface area contributed by atoms with E-state index in [-0.39, 0.29) is 70.6 Å². The van der Waals surface area contributed by atoms with Crippen LogP contribution in [0.1, 0.15) is 19.3 Å². The van der Waals surface area contributed by atoms with Crippen LogP contribution in [0.5, 0.6) is 0 Å². The van der Waals surface area contributed by atoms with Crippen molar-refractivity contribution in [3.63, 3.8) is 0 Å². The van der Waals surface area contributed by atoms with E-state index < -0.39 is 22.3 Å². The third kappa shape index (κ3) is 14.0. The van der Waals surface area contributed by atoms with Gasteiger partial charge in [0.15, 0.2) is 0 Å². The molecular weight excluding hydrogens is 217 g/mol. The van der Waals surface area contributed by atoms with Gasteiger partial charge in [-0.15, -0.1) is 0 Å². The Bertz CT molecular complexity index is 193. The van der Waals surface area contributed by atoms with Crippen LogP contribution in [-0.4, -0.2) is 25.1 Å². The van der Waals surface area contributed by atoms with Crippen LogP contribution in [-0.2, 0) is 10.1 Å². The molecule has 0 aliphatic heterocycles. The second kappa shape index (κ2) is 7.78. The summed E-state index contributed by atoms with van der Waals surface area (Å²) in [4.78, 5) is 0. The molecule has 0 radical (unpaired) electrons. The van der Waals surface area contributed by atoms with Gasteiger partial charge < -0.3 is 4.55 Å². The van der Waals surface area contributed by atoms with Crippen LogP contribution in [0, 0.1) is 0 Å². The Morgan fingerprint density at radius 2 is 1.75 bits per heavy atom. The topological polar surface area (TPSA) is 57.2 Å². The minimum atomic E-state index is -4.22. The van der Waals surface area contributed by atoms with Crippen molar-refractivity contribution in [1.82, 2.24) is 0 Å². The summed E-state index contributed by atoms with van der Waals surface area (Å²) in [6, 6.07) is 0. The number of hydrogen-bond acceptors (Lipinski definition) is 3. The van der Waals surface area contributed by atoms with Gasteiger partial charge in [0, 0.05) is 12.2 Å². The van der Waals surface area contributed by atoms with E-state index in [2.05, 4.69) is 0 Å². The van der Waals surface area contributed by atoms with E-state index in [9.17, 15) is 21.8 Å². The van der Waals surface area contributed by atoms with Crippen LogP contribution >= 0.6 is 0 Å². The van der Waals surface area contributed by atoms with Crippen molar-refractivity contribution in [3.05, 3.63) is 0 Å². The van der Waals surface area contributed by atoms with Gasteiger partial charge in [-0.1, -0.05) is 0 Å². The van der Waals surface area contributed by atoms with Gasteiger partial charge in [-0.05, 0) is 12.8 Å². The summed E-state index contributed by atoms with van der Waals surface area (Å²) in [7, 11) is -4.22. The maximum Gasteiger partial charge on any atom is 1.00 e. The predicted molar refractivity (Wildman–Crippen MR) is 34.4 cm³/mol. The number of hydrogen-bond donors (Lipinski definition) is 0. The molecule has 0 aromatic heterocycles. The molecule has 68 valence electrons. The minimum Gasteiger partial charge on any atom is -0.748 e. The molecule has 0 saturated carbocycles. The quantitative estimate of drug-likeness (QED) is 0.309. The molecule has 0 saturated heterocycles. The first-order valence-electron chi connectivity index (χ1n) is 3.13. The Balaban J connectivity index is 0. The van der Waals surface area contributed by atoms with Crippen LogP contribution in [0.2, 0.25) is 0 Å². The first-order chi connectivity index (χ1) is 4.92. The van der Waals surface area contributed by atoms with Gasteiger partial charge in [0.25, 0.3) is 0 Å². The second-order valence-electron chi connectivity index (χ2n) is 2.15.